The van der Waals surface area contributed by atoms with Crippen LogP contribution in [-0.2, 0) is 4.74 Å². The Morgan fingerprint density at radius 1 is 1.38 bits per heavy atom. The number of anilines is 3. The molecule has 2 aromatic rings. The molecule has 5 nitrogen and oxygen atoms in total. The molecule has 0 unspecified atom stereocenters. The van der Waals surface area contributed by atoms with Crippen molar-refractivity contribution in [2.24, 2.45) is 0 Å². The summed E-state index contributed by atoms with van der Waals surface area (Å²) in [6.45, 7) is 2.04. The van der Waals surface area contributed by atoms with Gasteiger partial charge in [-0.25, -0.2) is 9.78 Å². The standard InChI is InChI=1S/C14H13Br2N3O2/c1-2-21-14(20)9-6-13(18-7-11(9)17)19-12-4-3-8(15)5-10(12)16/h3-7H,2,17H2,1H3,(H,18,19). The third-order valence-electron chi connectivity index (χ3n) is 2.62. The number of nitrogen functional groups attached to an aromatic ring is 1. The number of hydrogen-bond donors (Lipinski definition) is 2. The Balaban J connectivity index is 2.28. The topological polar surface area (TPSA) is 77.2 Å². The number of esters is 1. The van der Waals surface area contributed by atoms with Crippen molar-refractivity contribution in [1.29, 1.82) is 0 Å². The van der Waals surface area contributed by atoms with E-state index in [-0.39, 0.29) is 5.69 Å². The lowest BCUT2D eigenvalue weighted by Gasteiger charge is -2.10. The largest absolute Gasteiger partial charge is 0.462 e. The number of ether oxygens (including phenoxy) is 1. The summed E-state index contributed by atoms with van der Waals surface area (Å²) in [5, 5.41) is 3.12. The Bertz CT molecular complexity index is 677. The van der Waals surface area contributed by atoms with Gasteiger partial charge in [-0.2, -0.15) is 0 Å². The van der Waals surface area contributed by atoms with E-state index in [9.17, 15) is 4.79 Å². The number of carbonyl (C=O) groups is 1. The minimum absolute atomic E-state index is 0.286. The second-order valence-electron chi connectivity index (χ2n) is 4.13. The van der Waals surface area contributed by atoms with E-state index in [0.717, 1.165) is 14.6 Å². The molecule has 0 bridgehead atoms. The van der Waals surface area contributed by atoms with Gasteiger partial charge in [-0.15, -0.1) is 0 Å². The molecule has 0 atom stereocenters. The molecule has 0 fully saturated rings. The molecule has 1 aromatic heterocycles. The van der Waals surface area contributed by atoms with Crippen molar-refractivity contribution in [1.82, 2.24) is 4.98 Å². The molecule has 0 saturated carbocycles. The van der Waals surface area contributed by atoms with Gasteiger partial charge < -0.3 is 15.8 Å². The summed E-state index contributed by atoms with van der Waals surface area (Å²) in [4.78, 5) is 16.0. The Hall–Kier alpha value is -1.60. The molecule has 7 heteroatoms. The maximum absolute atomic E-state index is 11.8. The minimum Gasteiger partial charge on any atom is -0.462 e. The molecule has 0 aliphatic rings. The first kappa shape index (κ1) is 15.8. The fraction of sp³-hybridized carbons (Fsp3) is 0.143. The van der Waals surface area contributed by atoms with Gasteiger partial charge in [-0.3, -0.25) is 0 Å². The smallest absolute Gasteiger partial charge is 0.340 e. The van der Waals surface area contributed by atoms with Crippen molar-refractivity contribution in [2.45, 2.75) is 6.92 Å². The van der Waals surface area contributed by atoms with Gasteiger partial charge in [0.25, 0.3) is 0 Å². The predicted molar refractivity (Wildman–Crippen MR) is 89.7 cm³/mol. The molecule has 0 amide bonds. The monoisotopic (exact) mass is 413 g/mol. The van der Waals surface area contributed by atoms with Crippen LogP contribution in [0.15, 0.2) is 39.4 Å². The molecule has 0 saturated heterocycles. The highest BCUT2D eigenvalue weighted by atomic mass is 79.9. The van der Waals surface area contributed by atoms with Gasteiger partial charge in [-0.1, -0.05) is 15.9 Å². The fourth-order valence-electron chi connectivity index (χ4n) is 1.65. The predicted octanol–water partition coefficient (Wildman–Crippen LogP) is 4.11. The van der Waals surface area contributed by atoms with Crippen molar-refractivity contribution in [3.05, 3.63) is 45.0 Å². The van der Waals surface area contributed by atoms with Gasteiger partial charge in [0.1, 0.15) is 5.82 Å². The molecule has 1 aromatic carbocycles. The van der Waals surface area contributed by atoms with Crippen molar-refractivity contribution in [3.63, 3.8) is 0 Å². The van der Waals surface area contributed by atoms with Crippen LogP contribution in [0.4, 0.5) is 17.2 Å². The molecule has 110 valence electrons. The van der Waals surface area contributed by atoms with Crippen LogP contribution in [0.25, 0.3) is 0 Å². The first-order chi connectivity index (χ1) is 10.0. The number of benzene rings is 1. The molecule has 0 aliphatic heterocycles. The Morgan fingerprint density at radius 2 is 2.14 bits per heavy atom. The lowest BCUT2D eigenvalue weighted by atomic mass is 10.2. The second-order valence-corrected chi connectivity index (χ2v) is 5.90. The van der Waals surface area contributed by atoms with E-state index < -0.39 is 5.97 Å². The number of nitrogens with two attached hydrogens (primary N) is 1. The van der Waals surface area contributed by atoms with Gasteiger partial charge in [0, 0.05) is 8.95 Å². The van der Waals surface area contributed by atoms with Crippen molar-refractivity contribution >= 4 is 55.0 Å². The molecule has 0 spiro atoms. The van der Waals surface area contributed by atoms with Crippen LogP contribution in [0.2, 0.25) is 0 Å². The van der Waals surface area contributed by atoms with Crippen molar-refractivity contribution in [2.75, 3.05) is 17.7 Å². The summed E-state index contributed by atoms with van der Waals surface area (Å²) in [5.74, 6) is 0.0468. The van der Waals surface area contributed by atoms with Gasteiger partial charge in [0.2, 0.25) is 0 Å². The average molecular weight is 415 g/mol. The van der Waals surface area contributed by atoms with Crippen LogP contribution >= 0.6 is 31.9 Å². The summed E-state index contributed by atoms with van der Waals surface area (Å²) < 4.78 is 6.79. The van der Waals surface area contributed by atoms with E-state index >= 15 is 0 Å². The molecule has 0 radical (unpaired) electrons. The SMILES string of the molecule is CCOC(=O)c1cc(Nc2ccc(Br)cc2Br)ncc1N. The number of nitrogens with one attached hydrogen (secondary N) is 1. The number of hydrogen-bond acceptors (Lipinski definition) is 5. The van der Waals surface area contributed by atoms with E-state index in [4.69, 9.17) is 10.5 Å². The van der Waals surface area contributed by atoms with E-state index in [1.165, 1.54) is 6.20 Å². The van der Waals surface area contributed by atoms with Crippen LogP contribution in [0, 0.1) is 0 Å². The average Bonchev–Trinajstić information content (AvgIpc) is 2.44. The van der Waals surface area contributed by atoms with Crippen LogP contribution in [-0.4, -0.2) is 17.6 Å². The van der Waals surface area contributed by atoms with Crippen molar-refractivity contribution in [3.8, 4) is 0 Å². The third-order valence-corrected chi connectivity index (χ3v) is 3.77. The Morgan fingerprint density at radius 3 is 2.81 bits per heavy atom. The summed E-state index contributed by atoms with van der Waals surface area (Å²) >= 11 is 6.84. The van der Waals surface area contributed by atoms with Crippen LogP contribution in [0.1, 0.15) is 17.3 Å². The highest BCUT2D eigenvalue weighted by Gasteiger charge is 2.13. The third kappa shape index (κ3) is 3.95. The number of rotatable bonds is 4. The van der Waals surface area contributed by atoms with Gasteiger partial charge in [-0.05, 0) is 47.1 Å². The summed E-state index contributed by atoms with van der Waals surface area (Å²) in [6.07, 6.45) is 1.43. The van der Waals surface area contributed by atoms with Crippen LogP contribution < -0.4 is 11.1 Å². The van der Waals surface area contributed by atoms with Gasteiger partial charge in [0.05, 0.1) is 29.7 Å². The number of carbonyl (C=O) groups excluding carboxylic acids is 1. The maximum atomic E-state index is 11.8. The second kappa shape index (κ2) is 6.91. The first-order valence-corrected chi connectivity index (χ1v) is 7.74. The maximum Gasteiger partial charge on any atom is 0.340 e. The number of pyridine rings is 1. The zero-order chi connectivity index (χ0) is 15.4. The number of aromatic nitrogens is 1. The fourth-order valence-corrected chi connectivity index (χ4v) is 2.79. The minimum atomic E-state index is -0.463. The zero-order valence-electron chi connectivity index (χ0n) is 11.2. The Labute approximate surface area is 139 Å². The molecule has 1 heterocycles. The normalized spacial score (nSPS) is 10.2. The molecular weight excluding hydrogens is 402 g/mol. The molecule has 2 rings (SSSR count). The first-order valence-electron chi connectivity index (χ1n) is 6.16. The lowest BCUT2D eigenvalue weighted by molar-refractivity contribution is 0.0527. The molecular formula is C14H13Br2N3O2. The number of halogens is 2. The Kier molecular flexibility index (Phi) is 5.19. The van der Waals surface area contributed by atoms with Gasteiger partial charge in [0.15, 0.2) is 0 Å². The van der Waals surface area contributed by atoms with E-state index in [1.54, 1.807) is 13.0 Å². The van der Waals surface area contributed by atoms with Crippen molar-refractivity contribution < 1.29 is 9.53 Å². The quantitative estimate of drug-likeness (QED) is 0.736. The summed E-state index contributed by atoms with van der Waals surface area (Å²) in [7, 11) is 0. The highest BCUT2D eigenvalue weighted by Crippen LogP contribution is 2.29. The summed E-state index contributed by atoms with van der Waals surface area (Å²) in [5.41, 5.74) is 7.16. The zero-order valence-corrected chi connectivity index (χ0v) is 14.4. The lowest BCUT2D eigenvalue weighted by Crippen LogP contribution is -2.09. The number of nitrogens with zero attached hydrogens (tertiary/aromatic N) is 1. The molecule has 3 N–H and O–H groups in total. The van der Waals surface area contributed by atoms with Crippen LogP contribution in [0.5, 0.6) is 0 Å². The molecule has 0 aliphatic carbocycles. The van der Waals surface area contributed by atoms with Crippen LogP contribution in [0.3, 0.4) is 0 Å². The van der Waals surface area contributed by atoms with E-state index in [1.807, 2.05) is 18.2 Å². The van der Waals surface area contributed by atoms with E-state index in [0.29, 0.717) is 18.0 Å². The molecule has 21 heavy (non-hydrogen) atoms. The van der Waals surface area contributed by atoms with E-state index in [2.05, 4.69) is 42.2 Å². The summed E-state index contributed by atoms with van der Waals surface area (Å²) in [6, 6.07) is 7.26. The highest BCUT2D eigenvalue weighted by molar-refractivity contribution is 9.11. The van der Waals surface area contributed by atoms with Gasteiger partial charge >= 0.3 is 5.97 Å².